The maximum atomic E-state index is 5.37. The van der Waals surface area contributed by atoms with Gasteiger partial charge in [-0.25, -0.2) is 0 Å². The van der Waals surface area contributed by atoms with Gasteiger partial charge in [0.15, 0.2) is 11.5 Å². The number of benzene rings is 2. The lowest BCUT2D eigenvalue weighted by Crippen LogP contribution is -2.36. The Labute approximate surface area is 142 Å². The van der Waals surface area contributed by atoms with E-state index in [9.17, 15) is 0 Å². The second-order valence-electron chi connectivity index (χ2n) is 5.51. The number of para-hydroxylation sites is 1. The van der Waals surface area contributed by atoms with Crippen LogP contribution in [0.15, 0.2) is 54.6 Å². The summed E-state index contributed by atoms with van der Waals surface area (Å²) in [5.74, 6) is 1.48. The van der Waals surface area contributed by atoms with Gasteiger partial charge in [-0.05, 0) is 42.8 Å². The lowest BCUT2D eigenvalue weighted by molar-refractivity contribution is -0.669. The number of ether oxygens (including phenoxy) is 2. The largest absolute Gasteiger partial charge is 0.493 e. The third-order valence-corrected chi connectivity index (χ3v) is 4.14. The van der Waals surface area contributed by atoms with E-state index in [1.54, 1.807) is 14.2 Å². The maximum Gasteiger partial charge on any atom is 0.212 e. The van der Waals surface area contributed by atoms with Crippen molar-refractivity contribution in [3.05, 3.63) is 65.9 Å². The fourth-order valence-electron chi connectivity index (χ4n) is 2.92. The zero-order valence-corrected chi connectivity index (χ0v) is 14.3. The van der Waals surface area contributed by atoms with E-state index in [1.165, 1.54) is 16.6 Å². The van der Waals surface area contributed by atoms with Gasteiger partial charge in [0.05, 0.1) is 14.2 Å². The highest BCUT2D eigenvalue weighted by molar-refractivity contribution is 5.77. The number of nitrogens with zero attached hydrogens (tertiary/aromatic N) is 1. The first-order valence-electron chi connectivity index (χ1n) is 8.08. The van der Waals surface area contributed by atoms with E-state index in [1.807, 2.05) is 18.2 Å². The summed E-state index contributed by atoms with van der Waals surface area (Å²) in [6, 6.07) is 18.7. The summed E-state index contributed by atoms with van der Waals surface area (Å²) < 4.78 is 13.0. The van der Waals surface area contributed by atoms with E-state index in [2.05, 4.69) is 60.0 Å². The highest BCUT2D eigenvalue weighted by atomic mass is 16.5. The van der Waals surface area contributed by atoms with Gasteiger partial charge < -0.3 is 9.47 Å². The molecule has 0 spiro atoms. The number of pyridine rings is 1. The Bertz CT molecular complexity index is 884. The smallest absolute Gasteiger partial charge is 0.212 e. The van der Waals surface area contributed by atoms with Crippen LogP contribution in [0.3, 0.4) is 0 Å². The Morgan fingerprint density at radius 1 is 0.875 bits per heavy atom. The molecule has 3 rings (SSSR count). The maximum absolute atomic E-state index is 5.37. The predicted octanol–water partition coefficient (Wildman–Crippen LogP) is 4.33. The number of aromatic nitrogens is 1. The molecule has 0 amide bonds. The van der Waals surface area contributed by atoms with Crippen LogP contribution in [0.5, 0.6) is 11.5 Å². The topological polar surface area (TPSA) is 22.3 Å². The SMILES string of the molecule is CC[n+]1c(/C=C/c2ccc(OC)c(OC)c2)ccc2ccccc21. The summed E-state index contributed by atoms with van der Waals surface area (Å²) in [5, 5.41) is 1.25. The molecule has 0 aliphatic rings. The molecule has 0 radical (unpaired) electrons. The van der Waals surface area contributed by atoms with Crippen LogP contribution < -0.4 is 14.0 Å². The van der Waals surface area contributed by atoms with Gasteiger partial charge >= 0.3 is 0 Å². The van der Waals surface area contributed by atoms with Gasteiger partial charge in [0.1, 0.15) is 6.54 Å². The molecule has 0 N–H and O–H groups in total. The van der Waals surface area contributed by atoms with Crippen LogP contribution in [0.1, 0.15) is 18.2 Å². The number of aryl methyl sites for hydroxylation is 1. The third kappa shape index (κ3) is 3.11. The van der Waals surface area contributed by atoms with Crippen LogP contribution >= 0.6 is 0 Å². The van der Waals surface area contributed by atoms with Crippen LogP contribution in [-0.4, -0.2) is 14.2 Å². The minimum Gasteiger partial charge on any atom is -0.493 e. The third-order valence-electron chi connectivity index (χ3n) is 4.14. The lowest BCUT2D eigenvalue weighted by Gasteiger charge is -2.07. The molecule has 0 saturated heterocycles. The number of rotatable bonds is 5. The van der Waals surface area contributed by atoms with Gasteiger partial charge in [-0.3, -0.25) is 0 Å². The van der Waals surface area contributed by atoms with Crippen molar-refractivity contribution in [2.24, 2.45) is 0 Å². The number of hydrogen-bond acceptors (Lipinski definition) is 2. The molecular weight excluding hydrogens is 298 g/mol. The van der Waals surface area contributed by atoms with Crippen molar-refractivity contribution < 1.29 is 14.0 Å². The molecule has 1 heterocycles. The molecule has 3 aromatic rings. The number of fused-ring (bicyclic) bond motifs is 1. The van der Waals surface area contributed by atoms with Crippen molar-refractivity contribution >= 4 is 23.1 Å². The molecule has 0 bridgehead atoms. The summed E-state index contributed by atoms with van der Waals surface area (Å²) in [5.41, 5.74) is 3.49. The first-order valence-corrected chi connectivity index (χ1v) is 8.08. The molecule has 0 aliphatic carbocycles. The van der Waals surface area contributed by atoms with Gasteiger partial charge in [0.2, 0.25) is 11.2 Å². The molecule has 122 valence electrons. The zero-order chi connectivity index (χ0) is 16.9. The fraction of sp³-hybridized carbons (Fsp3) is 0.190. The highest BCUT2D eigenvalue weighted by Crippen LogP contribution is 2.28. The summed E-state index contributed by atoms with van der Waals surface area (Å²) in [6.45, 7) is 3.09. The average molecular weight is 320 g/mol. The second kappa shape index (κ2) is 7.18. The highest BCUT2D eigenvalue weighted by Gasteiger charge is 2.11. The van der Waals surface area contributed by atoms with Crippen molar-refractivity contribution in [2.45, 2.75) is 13.5 Å². The molecule has 3 nitrogen and oxygen atoms in total. The van der Waals surface area contributed by atoms with Crippen LogP contribution in [0, 0.1) is 0 Å². The van der Waals surface area contributed by atoms with E-state index in [0.717, 1.165) is 23.6 Å². The summed E-state index contributed by atoms with van der Waals surface area (Å²) in [4.78, 5) is 0. The molecule has 0 fully saturated rings. The second-order valence-corrected chi connectivity index (χ2v) is 5.51. The van der Waals surface area contributed by atoms with E-state index in [-0.39, 0.29) is 0 Å². The fourth-order valence-corrected chi connectivity index (χ4v) is 2.92. The van der Waals surface area contributed by atoms with Crippen molar-refractivity contribution in [1.82, 2.24) is 0 Å². The van der Waals surface area contributed by atoms with Crippen molar-refractivity contribution in [2.75, 3.05) is 14.2 Å². The van der Waals surface area contributed by atoms with Crippen LogP contribution in [0.4, 0.5) is 0 Å². The molecule has 24 heavy (non-hydrogen) atoms. The first kappa shape index (κ1) is 16.1. The molecule has 0 unspecified atom stereocenters. The normalized spacial score (nSPS) is 11.1. The minimum absolute atomic E-state index is 0.738. The van der Waals surface area contributed by atoms with Crippen LogP contribution in [0.2, 0.25) is 0 Å². The summed E-state index contributed by atoms with van der Waals surface area (Å²) >= 11 is 0. The Hall–Kier alpha value is -2.81. The van der Waals surface area contributed by atoms with Gasteiger partial charge in [0, 0.05) is 23.6 Å². The quantitative estimate of drug-likeness (QED) is 0.653. The Morgan fingerprint density at radius 3 is 2.42 bits per heavy atom. The molecule has 0 saturated carbocycles. The molecule has 0 aliphatic heterocycles. The summed E-state index contributed by atoms with van der Waals surface area (Å²) in [6.07, 6.45) is 4.23. The van der Waals surface area contributed by atoms with Gasteiger partial charge in [-0.2, -0.15) is 4.57 Å². The van der Waals surface area contributed by atoms with Gasteiger partial charge in [-0.1, -0.05) is 18.2 Å². The lowest BCUT2D eigenvalue weighted by atomic mass is 10.1. The van der Waals surface area contributed by atoms with E-state index >= 15 is 0 Å². The average Bonchev–Trinajstić information content (AvgIpc) is 2.65. The zero-order valence-electron chi connectivity index (χ0n) is 14.3. The van der Waals surface area contributed by atoms with Crippen molar-refractivity contribution in [3.63, 3.8) is 0 Å². The summed E-state index contributed by atoms with van der Waals surface area (Å²) in [7, 11) is 3.30. The minimum atomic E-state index is 0.738. The van der Waals surface area contributed by atoms with Gasteiger partial charge in [-0.15, -0.1) is 0 Å². The Kier molecular flexibility index (Phi) is 4.80. The van der Waals surface area contributed by atoms with Gasteiger partial charge in [0.25, 0.3) is 0 Å². The first-order chi connectivity index (χ1) is 11.8. The van der Waals surface area contributed by atoms with E-state index in [4.69, 9.17) is 9.47 Å². The number of hydrogen-bond donors (Lipinski definition) is 0. The van der Waals surface area contributed by atoms with Crippen molar-refractivity contribution in [1.29, 1.82) is 0 Å². The molecule has 2 aromatic carbocycles. The van der Waals surface area contributed by atoms with Crippen molar-refractivity contribution in [3.8, 4) is 11.5 Å². The van der Waals surface area contributed by atoms with Crippen LogP contribution in [0.25, 0.3) is 23.1 Å². The van der Waals surface area contributed by atoms with Crippen LogP contribution in [-0.2, 0) is 6.54 Å². The standard InChI is InChI=1S/C21H22NO2/c1-4-22-18(13-11-17-7-5-6-8-19(17)22)12-9-16-10-14-20(23-2)21(15-16)24-3/h5-15H,4H2,1-3H3/q+1/b12-9+. The molecular formula is C21H22NO2+. The van der Waals surface area contributed by atoms with E-state index < -0.39 is 0 Å². The van der Waals surface area contributed by atoms with E-state index in [0.29, 0.717) is 0 Å². The number of methoxy groups -OCH3 is 2. The Balaban J connectivity index is 1.99. The monoisotopic (exact) mass is 320 g/mol. The molecule has 3 heteroatoms. The Morgan fingerprint density at radius 2 is 1.67 bits per heavy atom. The molecule has 1 aromatic heterocycles. The predicted molar refractivity (Wildman–Crippen MR) is 98.3 cm³/mol. The molecule has 0 atom stereocenters.